The summed E-state index contributed by atoms with van der Waals surface area (Å²) in [5.41, 5.74) is 1.43. The SMILES string of the molecule is CCCNC(CC1CCOc2ccccc21)C1CC1C. The fourth-order valence-corrected chi connectivity index (χ4v) is 3.62. The van der Waals surface area contributed by atoms with Gasteiger partial charge in [-0.2, -0.15) is 0 Å². The molecule has 1 fully saturated rings. The van der Waals surface area contributed by atoms with Gasteiger partial charge in [0.15, 0.2) is 0 Å². The van der Waals surface area contributed by atoms with Crippen molar-refractivity contribution in [1.29, 1.82) is 0 Å². The average Bonchev–Trinajstić information content (AvgIpc) is 3.20. The van der Waals surface area contributed by atoms with Crippen LogP contribution in [0.25, 0.3) is 0 Å². The van der Waals surface area contributed by atoms with Crippen LogP contribution in [-0.2, 0) is 0 Å². The van der Waals surface area contributed by atoms with E-state index in [1.165, 1.54) is 31.2 Å². The Labute approximate surface area is 122 Å². The molecule has 0 saturated heterocycles. The lowest BCUT2D eigenvalue weighted by molar-refractivity contribution is 0.250. The van der Waals surface area contributed by atoms with E-state index in [1.54, 1.807) is 0 Å². The molecule has 0 aromatic heterocycles. The number of hydrogen-bond donors (Lipinski definition) is 1. The van der Waals surface area contributed by atoms with Crippen LogP contribution in [-0.4, -0.2) is 19.2 Å². The Morgan fingerprint density at radius 2 is 2.15 bits per heavy atom. The summed E-state index contributed by atoms with van der Waals surface area (Å²) in [6.45, 7) is 6.68. The molecular formula is C18H27NO. The van der Waals surface area contributed by atoms with Gasteiger partial charge in [0.1, 0.15) is 5.75 Å². The summed E-state index contributed by atoms with van der Waals surface area (Å²) < 4.78 is 5.79. The summed E-state index contributed by atoms with van der Waals surface area (Å²) >= 11 is 0. The smallest absolute Gasteiger partial charge is 0.122 e. The van der Waals surface area contributed by atoms with Gasteiger partial charge >= 0.3 is 0 Å². The minimum Gasteiger partial charge on any atom is -0.493 e. The Kier molecular flexibility index (Phi) is 4.30. The van der Waals surface area contributed by atoms with Gasteiger partial charge in [-0.1, -0.05) is 32.0 Å². The highest BCUT2D eigenvalue weighted by Gasteiger charge is 2.40. The van der Waals surface area contributed by atoms with E-state index in [9.17, 15) is 0 Å². The second-order valence-corrected chi connectivity index (χ2v) is 6.55. The van der Waals surface area contributed by atoms with Crippen molar-refractivity contribution >= 4 is 0 Å². The van der Waals surface area contributed by atoms with Crippen molar-refractivity contribution in [3.8, 4) is 5.75 Å². The van der Waals surface area contributed by atoms with E-state index >= 15 is 0 Å². The van der Waals surface area contributed by atoms with Crippen LogP contribution >= 0.6 is 0 Å². The predicted octanol–water partition coefficient (Wildman–Crippen LogP) is 3.97. The summed E-state index contributed by atoms with van der Waals surface area (Å²) in [4.78, 5) is 0. The minimum atomic E-state index is 0.669. The third-order valence-corrected chi connectivity index (χ3v) is 4.97. The first-order chi connectivity index (χ1) is 9.79. The van der Waals surface area contributed by atoms with Crippen molar-refractivity contribution in [3.05, 3.63) is 29.8 Å². The van der Waals surface area contributed by atoms with E-state index in [-0.39, 0.29) is 0 Å². The Morgan fingerprint density at radius 3 is 2.90 bits per heavy atom. The lowest BCUT2D eigenvalue weighted by Gasteiger charge is -2.30. The number of fused-ring (bicyclic) bond motifs is 1. The number of ether oxygens (including phenoxy) is 1. The molecule has 1 aliphatic carbocycles. The van der Waals surface area contributed by atoms with Crippen LogP contribution in [0.5, 0.6) is 5.75 Å². The van der Waals surface area contributed by atoms with Crippen LogP contribution in [0.4, 0.5) is 0 Å². The van der Waals surface area contributed by atoms with E-state index in [0.717, 1.165) is 30.7 Å². The molecular weight excluding hydrogens is 246 g/mol. The molecule has 1 heterocycles. The Bertz CT molecular complexity index is 445. The number of nitrogens with one attached hydrogen (secondary N) is 1. The molecule has 0 bridgehead atoms. The number of benzene rings is 1. The third-order valence-electron chi connectivity index (χ3n) is 4.97. The molecule has 1 aromatic carbocycles. The van der Waals surface area contributed by atoms with Crippen molar-refractivity contribution in [2.75, 3.05) is 13.2 Å². The van der Waals surface area contributed by atoms with Gasteiger partial charge in [0.05, 0.1) is 6.61 Å². The van der Waals surface area contributed by atoms with Crippen LogP contribution in [0.1, 0.15) is 51.0 Å². The lowest BCUT2D eigenvalue weighted by atomic mass is 9.86. The Morgan fingerprint density at radius 1 is 1.35 bits per heavy atom. The van der Waals surface area contributed by atoms with E-state index in [4.69, 9.17) is 4.74 Å². The maximum absolute atomic E-state index is 5.79. The summed E-state index contributed by atoms with van der Waals surface area (Å²) in [5.74, 6) is 3.60. The molecule has 1 aliphatic heterocycles. The highest BCUT2D eigenvalue weighted by molar-refractivity contribution is 5.37. The molecule has 110 valence electrons. The van der Waals surface area contributed by atoms with Crippen LogP contribution in [0.15, 0.2) is 24.3 Å². The van der Waals surface area contributed by atoms with Gasteiger partial charge in [0.25, 0.3) is 0 Å². The van der Waals surface area contributed by atoms with E-state index in [1.807, 2.05) is 0 Å². The quantitative estimate of drug-likeness (QED) is 0.847. The molecule has 2 heteroatoms. The van der Waals surface area contributed by atoms with Crippen molar-refractivity contribution < 1.29 is 4.74 Å². The molecule has 4 unspecified atom stereocenters. The van der Waals surface area contributed by atoms with Crippen molar-refractivity contribution in [3.63, 3.8) is 0 Å². The first-order valence-corrected chi connectivity index (χ1v) is 8.24. The van der Waals surface area contributed by atoms with Gasteiger partial charge in [-0.3, -0.25) is 0 Å². The molecule has 0 amide bonds. The van der Waals surface area contributed by atoms with Crippen LogP contribution in [0.2, 0.25) is 0 Å². The predicted molar refractivity (Wildman–Crippen MR) is 83.3 cm³/mol. The summed E-state index contributed by atoms with van der Waals surface area (Å²) in [6.07, 6.45) is 5.08. The standard InChI is InChI=1S/C18H27NO/c1-3-9-19-17(16-11-13(16)2)12-14-8-10-20-18-7-5-4-6-15(14)18/h4-7,13-14,16-17,19H,3,8-12H2,1-2H3. The van der Waals surface area contributed by atoms with Crippen LogP contribution in [0.3, 0.4) is 0 Å². The van der Waals surface area contributed by atoms with E-state index in [0.29, 0.717) is 12.0 Å². The number of hydrogen-bond acceptors (Lipinski definition) is 2. The maximum atomic E-state index is 5.79. The fourth-order valence-electron chi connectivity index (χ4n) is 3.62. The summed E-state index contributed by atoms with van der Waals surface area (Å²) in [5, 5.41) is 3.80. The molecule has 3 rings (SSSR count). The molecule has 0 spiro atoms. The highest BCUT2D eigenvalue weighted by Crippen LogP contribution is 2.45. The topological polar surface area (TPSA) is 21.3 Å². The van der Waals surface area contributed by atoms with Gasteiger partial charge in [0.2, 0.25) is 0 Å². The van der Waals surface area contributed by atoms with Crippen molar-refractivity contribution in [2.24, 2.45) is 11.8 Å². The highest BCUT2D eigenvalue weighted by atomic mass is 16.5. The normalized spacial score (nSPS) is 29.4. The summed E-state index contributed by atoms with van der Waals surface area (Å²) in [6, 6.07) is 9.30. The average molecular weight is 273 g/mol. The first kappa shape index (κ1) is 13.9. The third kappa shape index (κ3) is 3.01. The second kappa shape index (κ2) is 6.17. The monoisotopic (exact) mass is 273 g/mol. The molecule has 1 aromatic rings. The van der Waals surface area contributed by atoms with Crippen LogP contribution in [0, 0.1) is 11.8 Å². The minimum absolute atomic E-state index is 0.669. The number of para-hydroxylation sites is 1. The van der Waals surface area contributed by atoms with Crippen molar-refractivity contribution in [2.45, 2.75) is 51.5 Å². The fraction of sp³-hybridized carbons (Fsp3) is 0.667. The van der Waals surface area contributed by atoms with E-state index in [2.05, 4.69) is 43.4 Å². The molecule has 1 N–H and O–H groups in total. The molecule has 4 atom stereocenters. The molecule has 2 aliphatic rings. The maximum Gasteiger partial charge on any atom is 0.122 e. The van der Waals surface area contributed by atoms with Gasteiger partial charge < -0.3 is 10.1 Å². The Balaban J connectivity index is 1.69. The van der Waals surface area contributed by atoms with Crippen molar-refractivity contribution in [1.82, 2.24) is 5.32 Å². The zero-order valence-corrected chi connectivity index (χ0v) is 12.8. The van der Waals surface area contributed by atoms with E-state index < -0.39 is 0 Å². The largest absolute Gasteiger partial charge is 0.493 e. The molecule has 1 saturated carbocycles. The van der Waals surface area contributed by atoms with Crippen LogP contribution < -0.4 is 10.1 Å². The van der Waals surface area contributed by atoms with Gasteiger partial charge in [-0.05, 0) is 61.6 Å². The molecule has 2 nitrogen and oxygen atoms in total. The first-order valence-electron chi connectivity index (χ1n) is 8.24. The number of rotatable bonds is 6. The Hall–Kier alpha value is -1.02. The lowest BCUT2D eigenvalue weighted by Crippen LogP contribution is -2.34. The zero-order valence-electron chi connectivity index (χ0n) is 12.8. The van der Waals surface area contributed by atoms with Gasteiger partial charge in [-0.15, -0.1) is 0 Å². The molecule has 20 heavy (non-hydrogen) atoms. The molecule has 0 radical (unpaired) electrons. The van der Waals surface area contributed by atoms with Gasteiger partial charge in [0, 0.05) is 6.04 Å². The summed E-state index contributed by atoms with van der Waals surface area (Å²) in [7, 11) is 0. The zero-order chi connectivity index (χ0) is 13.9. The van der Waals surface area contributed by atoms with Gasteiger partial charge in [-0.25, -0.2) is 0 Å². The second-order valence-electron chi connectivity index (χ2n) is 6.55.